The van der Waals surface area contributed by atoms with Gasteiger partial charge in [0, 0.05) is 61.3 Å². The number of benzene rings is 6. The van der Waals surface area contributed by atoms with Crippen molar-refractivity contribution < 1.29 is 25.8 Å². The zero-order valence-electron chi connectivity index (χ0n) is 41.8. The van der Waals surface area contributed by atoms with Gasteiger partial charge in [-0.25, -0.2) is 4.98 Å². The molecule has 9 rings (SSSR count). The van der Waals surface area contributed by atoms with Crippen LogP contribution in [0.1, 0.15) is 130 Å². The minimum atomic E-state index is -0.372. The van der Waals surface area contributed by atoms with Gasteiger partial charge in [0.05, 0.1) is 0 Å². The number of anilines is 4. The largest absolute Gasteiger partial charge is 0.509 e. The molecule has 5 nitrogen and oxygen atoms in total. The average Bonchev–Trinajstić information content (AvgIpc) is 3.81. The van der Waals surface area contributed by atoms with Crippen LogP contribution in [0.3, 0.4) is 0 Å². The molecule has 1 aliphatic heterocycles. The van der Waals surface area contributed by atoms with E-state index in [1.807, 2.05) is 12.3 Å². The second kappa shape index (κ2) is 17.1. The van der Waals surface area contributed by atoms with Gasteiger partial charge in [-0.05, 0) is 103 Å². The summed E-state index contributed by atoms with van der Waals surface area (Å²) in [6.07, 6.45) is 1.91. The van der Waals surface area contributed by atoms with Gasteiger partial charge in [0.15, 0.2) is 0 Å². The first-order valence-corrected chi connectivity index (χ1v) is 23.5. The molecule has 8 aromatic rings. The Labute approximate surface area is 414 Å². The van der Waals surface area contributed by atoms with E-state index in [9.17, 15) is 0 Å². The summed E-state index contributed by atoms with van der Waals surface area (Å²) in [6.45, 7) is 34.3. The van der Waals surface area contributed by atoms with Gasteiger partial charge in [0.25, 0.3) is 0 Å². The SMILES string of the molecule is CC(C)(C)c1cccc(N2[CH-]N(c3[c-]c(Oc4[c-]c5c(cc4)c4ccccc4n5-c4cc(C(C)(C)C)ccn4)cc(C(C)(C)c4ccccc4)c3)c3cc(C(C)(C)C)c(C(C)(C)C)cc32)c1.[Pt]. The van der Waals surface area contributed by atoms with Gasteiger partial charge in [0.1, 0.15) is 5.82 Å². The van der Waals surface area contributed by atoms with Crippen molar-refractivity contribution in [2.45, 2.75) is 124 Å². The molecule has 348 valence electrons. The molecule has 0 saturated carbocycles. The van der Waals surface area contributed by atoms with Crippen molar-refractivity contribution in [1.29, 1.82) is 0 Å². The summed E-state index contributed by atoms with van der Waals surface area (Å²) in [6, 6.07) is 53.6. The predicted molar refractivity (Wildman–Crippen MR) is 278 cm³/mol. The Kier molecular flexibility index (Phi) is 12.2. The van der Waals surface area contributed by atoms with Crippen LogP contribution < -0.4 is 14.5 Å². The zero-order valence-corrected chi connectivity index (χ0v) is 44.1. The second-order valence-electron chi connectivity index (χ2n) is 22.8. The average molecular weight is 1070 g/mol. The van der Waals surface area contributed by atoms with Crippen LogP contribution in [0.25, 0.3) is 27.6 Å². The van der Waals surface area contributed by atoms with Crippen LogP contribution in [0.2, 0.25) is 0 Å². The summed E-state index contributed by atoms with van der Waals surface area (Å²) in [5.74, 6) is 2.07. The number of pyridine rings is 1. The van der Waals surface area contributed by atoms with Crippen molar-refractivity contribution in [3.8, 4) is 17.3 Å². The molecule has 6 aromatic carbocycles. The number of ether oxygens (including phenoxy) is 1. The summed E-state index contributed by atoms with van der Waals surface area (Å²) in [7, 11) is 0. The molecule has 6 heteroatoms. The van der Waals surface area contributed by atoms with Gasteiger partial charge < -0.3 is 19.1 Å². The zero-order chi connectivity index (χ0) is 47.1. The van der Waals surface area contributed by atoms with Crippen molar-refractivity contribution in [3.05, 3.63) is 186 Å². The number of para-hydroxylation sites is 1. The van der Waals surface area contributed by atoms with E-state index in [1.165, 1.54) is 27.8 Å². The molecule has 0 saturated heterocycles. The van der Waals surface area contributed by atoms with Gasteiger partial charge in [-0.3, -0.25) is 0 Å². The van der Waals surface area contributed by atoms with Gasteiger partial charge >= 0.3 is 0 Å². The second-order valence-corrected chi connectivity index (χ2v) is 22.8. The molecule has 0 aliphatic carbocycles. The summed E-state index contributed by atoms with van der Waals surface area (Å²) in [4.78, 5) is 9.59. The van der Waals surface area contributed by atoms with Crippen LogP contribution in [0.4, 0.5) is 22.7 Å². The Morgan fingerprint density at radius 3 is 1.76 bits per heavy atom. The monoisotopic (exact) mass is 1060 g/mol. The first kappa shape index (κ1) is 47.8. The third-order valence-electron chi connectivity index (χ3n) is 13.4. The molecule has 0 fully saturated rings. The maximum absolute atomic E-state index is 7.02. The minimum Gasteiger partial charge on any atom is -0.509 e. The van der Waals surface area contributed by atoms with Crippen molar-refractivity contribution in [2.75, 3.05) is 9.80 Å². The van der Waals surface area contributed by atoms with Crippen LogP contribution in [0.15, 0.2) is 134 Å². The van der Waals surface area contributed by atoms with E-state index < -0.39 is 0 Å². The maximum atomic E-state index is 7.02. The molecule has 0 spiro atoms. The molecule has 0 unspecified atom stereocenters. The fourth-order valence-corrected chi connectivity index (χ4v) is 9.36. The van der Waals surface area contributed by atoms with Crippen LogP contribution in [-0.2, 0) is 48.1 Å². The Balaban J connectivity index is 0.00000608. The third-order valence-corrected chi connectivity index (χ3v) is 13.4. The number of hydrogen-bond donors (Lipinski definition) is 0. The third kappa shape index (κ3) is 9.09. The molecule has 3 heterocycles. The first-order valence-electron chi connectivity index (χ1n) is 23.5. The van der Waals surface area contributed by atoms with E-state index in [1.54, 1.807) is 0 Å². The van der Waals surface area contributed by atoms with Crippen molar-refractivity contribution in [2.24, 2.45) is 0 Å². The number of rotatable bonds is 7. The van der Waals surface area contributed by atoms with Crippen molar-refractivity contribution in [3.63, 3.8) is 0 Å². The van der Waals surface area contributed by atoms with Gasteiger partial charge in [0.2, 0.25) is 0 Å². The Hall–Kier alpha value is -5.64. The standard InChI is InChI=1S/C61H65N4O.Pt/c1-57(2,3)41-23-20-24-44(31-41)63-39-64(55-38-51(60(10,11)12)50(37-54(55)63)59(7,8)9)45-32-43(61(13,14)40-21-16-15-17-22-40)33-47(35-45)66-46-27-28-49-48-25-18-19-26-52(48)65(53(49)36-46)56-34-42(29-30-62-56)58(4,5)6;/h15-34,37-39H,1-14H3;/q-3;. The van der Waals surface area contributed by atoms with E-state index in [0.717, 1.165) is 55.9 Å². The molecular weight excluding hydrogens is 1000 g/mol. The first-order chi connectivity index (χ1) is 31.0. The Morgan fingerprint density at radius 2 is 1.10 bits per heavy atom. The topological polar surface area (TPSA) is 33.5 Å². The quantitative estimate of drug-likeness (QED) is 0.149. The number of aromatic nitrogens is 2. The van der Waals surface area contributed by atoms with E-state index in [0.29, 0.717) is 11.5 Å². The molecule has 0 atom stereocenters. The molecule has 0 radical (unpaired) electrons. The number of nitrogens with zero attached hydrogens (tertiary/aromatic N) is 4. The molecular formula is C61H65N4OPt-3. The maximum Gasteiger partial charge on any atom is 0.135 e. The summed E-state index contributed by atoms with van der Waals surface area (Å²) >= 11 is 0. The molecule has 0 amide bonds. The molecule has 2 aromatic heterocycles. The summed E-state index contributed by atoms with van der Waals surface area (Å²) in [5.41, 5.74) is 13.1. The van der Waals surface area contributed by atoms with Crippen LogP contribution in [0, 0.1) is 18.8 Å². The number of fused-ring (bicyclic) bond motifs is 4. The fraction of sp³-hybridized carbons (Fsp3) is 0.311. The van der Waals surface area contributed by atoms with Crippen LogP contribution in [-0.4, -0.2) is 9.55 Å². The molecule has 0 N–H and O–H groups in total. The number of hydrogen-bond acceptors (Lipinski definition) is 4. The van der Waals surface area contributed by atoms with Gasteiger partial charge in [-0.15, -0.1) is 53.6 Å². The molecule has 67 heavy (non-hydrogen) atoms. The van der Waals surface area contributed by atoms with Crippen LogP contribution >= 0.6 is 0 Å². The van der Waals surface area contributed by atoms with Gasteiger partial charge in [-0.2, -0.15) is 6.07 Å². The van der Waals surface area contributed by atoms with E-state index >= 15 is 0 Å². The van der Waals surface area contributed by atoms with E-state index in [2.05, 4.69) is 251 Å². The summed E-state index contributed by atoms with van der Waals surface area (Å²) < 4.78 is 9.24. The normalized spacial score (nSPS) is 13.6. The van der Waals surface area contributed by atoms with E-state index in [4.69, 9.17) is 9.72 Å². The predicted octanol–water partition coefficient (Wildman–Crippen LogP) is 16.5. The van der Waals surface area contributed by atoms with Crippen LogP contribution in [0.5, 0.6) is 11.5 Å². The molecule has 0 bridgehead atoms. The smallest absolute Gasteiger partial charge is 0.135 e. The van der Waals surface area contributed by atoms with Crippen molar-refractivity contribution >= 4 is 44.6 Å². The Bertz CT molecular complexity index is 3120. The fourth-order valence-electron chi connectivity index (χ4n) is 9.36. The minimum absolute atomic E-state index is 0. The Morgan fingerprint density at radius 1 is 0.493 bits per heavy atom. The van der Waals surface area contributed by atoms with E-state index in [-0.39, 0.29) is 48.1 Å². The summed E-state index contributed by atoms with van der Waals surface area (Å²) in [5, 5.41) is 2.23. The molecule has 1 aliphatic rings. The van der Waals surface area contributed by atoms with Crippen molar-refractivity contribution in [1.82, 2.24) is 9.55 Å². The van der Waals surface area contributed by atoms with Gasteiger partial charge in [-0.1, -0.05) is 163 Å².